The van der Waals surface area contributed by atoms with Crippen LogP contribution in [-0.4, -0.2) is 28.9 Å². The van der Waals surface area contributed by atoms with Gasteiger partial charge in [-0.25, -0.2) is 0 Å². The van der Waals surface area contributed by atoms with Gasteiger partial charge in [0.25, 0.3) is 5.91 Å². The normalized spacial score (nSPS) is 16.2. The van der Waals surface area contributed by atoms with E-state index in [4.69, 9.17) is 5.73 Å². The van der Waals surface area contributed by atoms with Gasteiger partial charge in [0.1, 0.15) is 10.6 Å². The molecule has 118 valence electrons. The van der Waals surface area contributed by atoms with Crippen molar-refractivity contribution in [2.75, 3.05) is 17.2 Å². The first-order valence-corrected chi connectivity index (χ1v) is 8.64. The Morgan fingerprint density at radius 3 is 2.67 bits per heavy atom. The first-order chi connectivity index (χ1) is 10.0. The largest absolute Gasteiger partial charge is 0.382 e. The zero-order chi connectivity index (χ0) is 15.4. The van der Waals surface area contributed by atoms with E-state index in [0.29, 0.717) is 17.4 Å². The summed E-state index contributed by atoms with van der Waals surface area (Å²) in [5, 5.41) is 3.86. The summed E-state index contributed by atoms with van der Waals surface area (Å²) in [5.41, 5.74) is 6.51. The molecule has 0 spiro atoms. The van der Waals surface area contributed by atoms with Crippen molar-refractivity contribution in [3.05, 3.63) is 5.56 Å². The van der Waals surface area contributed by atoms with E-state index in [0.717, 1.165) is 11.5 Å². The number of amides is 1. The second-order valence-corrected chi connectivity index (χ2v) is 6.71. The summed E-state index contributed by atoms with van der Waals surface area (Å²) in [7, 11) is 0. The molecule has 0 bridgehead atoms. The zero-order valence-electron chi connectivity index (χ0n) is 13.2. The summed E-state index contributed by atoms with van der Waals surface area (Å²) < 4.78 is 4.23. The van der Waals surface area contributed by atoms with Gasteiger partial charge in [-0.2, -0.15) is 4.37 Å². The fourth-order valence-electron chi connectivity index (χ4n) is 3.00. The highest BCUT2D eigenvalue weighted by Gasteiger charge is 2.28. The molecule has 6 heteroatoms. The molecule has 1 aliphatic rings. The van der Waals surface area contributed by atoms with Crippen molar-refractivity contribution in [1.29, 1.82) is 0 Å². The van der Waals surface area contributed by atoms with Gasteiger partial charge in [0.05, 0.1) is 0 Å². The molecule has 0 unspecified atom stereocenters. The number of rotatable bonds is 5. The van der Waals surface area contributed by atoms with Gasteiger partial charge in [-0.05, 0) is 45.1 Å². The van der Waals surface area contributed by atoms with Crippen LogP contribution in [0.4, 0.5) is 10.8 Å². The Morgan fingerprint density at radius 1 is 1.43 bits per heavy atom. The van der Waals surface area contributed by atoms with Gasteiger partial charge in [-0.15, -0.1) is 0 Å². The Labute approximate surface area is 131 Å². The molecular weight excluding hydrogens is 284 g/mol. The van der Waals surface area contributed by atoms with E-state index in [1.165, 1.54) is 43.6 Å². The van der Waals surface area contributed by atoms with Gasteiger partial charge >= 0.3 is 0 Å². The first kappa shape index (κ1) is 16.1. The van der Waals surface area contributed by atoms with Crippen LogP contribution in [0.25, 0.3) is 0 Å². The SMILES string of the molecule is CCN(c1snc(N)c1C(=O)NC(C)C)C1CCCCC1. The van der Waals surface area contributed by atoms with Crippen LogP contribution in [0, 0.1) is 0 Å². The van der Waals surface area contributed by atoms with Crippen LogP contribution in [0.15, 0.2) is 0 Å². The molecule has 0 aliphatic heterocycles. The molecule has 1 amide bonds. The molecular formula is C15H26N4OS. The number of nitrogen functional groups attached to an aromatic ring is 1. The lowest BCUT2D eigenvalue weighted by atomic mass is 9.94. The summed E-state index contributed by atoms with van der Waals surface area (Å²) in [6.45, 7) is 6.92. The maximum absolute atomic E-state index is 12.4. The molecule has 0 saturated heterocycles. The predicted octanol–water partition coefficient (Wildman–Crippen LogP) is 3.02. The van der Waals surface area contributed by atoms with E-state index >= 15 is 0 Å². The van der Waals surface area contributed by atoms with Crippen molar-refractivity contribution in [3.63, 3.8) is 0 Å². The molecule has 21 heavy (non-hydrogen) atoms. The smallest absolute Gasteiger partial charge is 0.258 e. The number of nitrogens with zero attached hydrogens (tertiary/aromatic N) is 2. The predicted molar refractivity (Wildman–Crippen MR) is 89.0 cm³/mol. The maximum atomic E-state index is 12.4. The van der Waals surface area contributed by atoms with Gasteiger partial charge < -0.3 is 16.0 Å². The van der Waals surface area contributed by atoms with Crippen LogP contribution in [0.3, 0.4) is 0 Å². The van der Waals surface area contributed by atoms with Crippen LogP contribution >= 0.6 is 11.5 Å². The monoisotopic (exact) mass is 310 g/mol. The molecule has 1 fully saturated rings. The highest BCUT2D eigenvalue weighted by atomic mass is 32.1. The van der Waals surface area contributed by atoms with E-state index in [1.807, 2.05) is 13.8 Å². The van der Waals surface area contributed by atoms with Gasteiger partial charge in [0.15, 0.2) is 5.82 Å². The van der Waals surface area contributed by atoms with Gasteiger partial charge in [-0.1, -0.05) is 19.3 Å². The van der Waals surface area contributed by atoms with Crippen molar-refractivity contribution in [2.24, 2.45) is 0 Å². The maximum Gasteiger partial charge on any atom is 0.258 e. The fourth-order valence-corrected chi connectivity index (χ4v) is 3.95. The third-order valence-corrected chi connectivity index (χ3v) is 4.86. The Morgan fingerprint density at radius 2 is 2.10 bits per heavy atom. The number of nitrogens with one attached hydrogen (secondary N) is 1. The molecule has 0 atom stereocenters. The average Bonchev–Trinajstić information content (AvgIpc) is 2.82. The number of anilines is 2. The number of carbonyl (C=O) groups is 1. The second kappa shape index (κ2) is 7.11. The van der Waals surface area contributed by atoms with E-state index in [1.54, 1.807) is 0 Å². The standard InChI is InChI=1S/C15H26N4OS/c1-4-19(11-8-6-5-7-9-11)15-12(13(16)18-21-15)14(20)17-10(2)3/h10-11H,4-9H2,1-3H3,(H2,16,18)(H,17,20). The summed E-state index contributed by atoms with van der Waals surface area (Å²) in [5.74, 6) is 0.239. The van der Waals surface area contributed by atoms with Crippen LogP contribution in [0.2, 0.25) is 0 Å². The number of hydrogen-bond donors (Lipinski definition) is 2. The van der Waals surface area contributed by atoms with Crippen molar-refractivity contribution < 1.29 is 4.79 Å². The Kier molecular flexibility index (Phi) is 5.45. The third-order valence-electron chi connectivity index (χ3n) is 3.96. The van der Waals surface area contributed by atoms with Crippen molar-refractivity contribution in [2.45, 2.75) is 65.0 Å². The lowest BCUT2D eigenvalue weighted by Gasteiger charge is -2.34. The number of carbonyl (C=O) groups excluding carboxylic acids is 1. The lowest BCUT2D eigenvalue weighted by molar-refractivity contribution is 0.0944. The summed E-state index contributed by atoms with van der Waals surface area (Å²) in [6.07, 6.45) is 6.24. The zero-order valence-corrected chi connectivity index (χ0v) is 14.0. The minimum atomic E-state index is -0.111. The quantitative estimate of drug-likeness (QED) is 0.877. The Bertz CT molecular complexity index is 480. The van der Waals surface area contributed by atoms with Crippen molar-refractivity contribution >= 4 is 28.3 Å². The number of hydrogen-bond acceptors (Lipinski definition) is 5. The average molecular weight is 310 g/mol. The van der Waals surface area contributed by atoms with E-state index in [9.17, 15) is 4.79 Å². The van der Waals surface area contributed by atoms with Gasteiger partial charge in [-0.3, -0.25) is 4.79 Å². The molecule has 3 N–H and O–H groups in total. The Hall–Kier alpha value is -1.30. The molecule has 0 radical (unpaired) electrons. The third kappa shape index (κ3) is 3.67. The minimum absolute atomic E-state index is 0.0920. The molecule has 1 aromatic heterocycles. The number of nitrogens with two attached hydrogens (primary N) is 1. The van der Waals surface area contributed by atoms with Crippen LogP contribution in [0.5, 0.6) is 0 Å². The topological polar surface area (TPSA) is 71.2 Å². The van der Waals surface area contributed by atoms with Crippen LogP contribution in [0.1, 0.15) is 63.2 Å². The molecule has 1 aliphatic carbocycles. The molecule has 0 aromatic carbocycles. The minimum Gasteiger partial charge on any atom is -0.382 e. The molecule has 1 aromatic rings. The molecule has 2 rings (SSSR count). The molecule has 1 saturated carbocycles. The molecule has 1 heterocycles. The molecule has 5 nitrogen and oxygen atoms in total. The summed E-state index contributed by atoms with van der Waals surface area (Å²) in [4.78, 5) is 14.7. The van der Waals surface area contributed by atoms with E-state index < -0.39 is 0 Å². The Balaban J connectivity index is 2.27. The highest BCUT2D eigenvalue weighted by molar-refractivity contribution is 7.11. The van der Waals surface area contributed by atoms with E-state index in [-0.39, 0.29) is 11.9 Å². The second-order valence-electron chi connectivity index (χ2n) is 5.95. The summed E-state index contributed by atoms with van der Waals surface area (Å²) in [6, 6.07) is 0.601. The lowest BCUT2D eigenvalue weighted by Crippen LogP contribution is -2.38. The van der Waals surface area contributed by atoms with Crippen LogP contribution in [-0.2, 0) is 0 Å². The van der Waals surface area contributed by atoms with Crippen molar-refractivity contribution in [1.82, 2.24) is 9.69 Å². The van der Waals surface area contributed by atoms with Gasteiger partial charge in [0, 0.05) is 18.6 Å². The number of aromatic nitrogens is 1. The highest BCUT2D eigenvalue weighted by Crippen LogP contribution is 2.35. The summed E-state index contributed by atoms with van der Waals surface area (Å²) >= 11 is 1.35. The van der Waals surface area contributed by atoms with Crippen molar-refractivity contribution in [3.8, 4) is 0 Å². The van der Waals surface area contributed by atoms with E-state index in [2.05, 4.69) is 21.5 Å². The first-order valence-electron chi connectivity index (χ1n) is 7.87. The van der Waals surface area contributed by atoms with Gasteiger partial charge in [0.2, 0.25) is 0 Å². The van der Waals surface area contributed by atoms with Crippen LogP contribution < -0.4 is 16.0 Å². The fraction of sp³-hybridized carbons (Fsp3) is 0.733.